The number of carboxylic acids is 1. The minimum Gasteiger partial charge on any atom is -0.481 e. The number of hydrogen-bond donors (Lipinski definition) is 2. The van der Waals surface area contributed by atoms with Crippen LogP contribution in [0, 0.1) is 56.7 Å². The Hall–Kier alpha value is -1.14. The van der Waals surface area contributed by atoms with E-state index in [0.717, 1.165) is 57.8 Å². The number of aliphatic hydroxyl groups is 1. The lowest BCUT2D eigenvalue weighted by atomic mass is 9.32. The summed E-state index contributed by atoms with van der Waals surface area (Å²) in [5.41, 5.74) is -0.850. The van der Waals surface area contributed by atoms with E-state index in [9.17, 15) is 19.8 Å². The molecule has 11 atom stereocenters. The fraction of sp³-hybridized carbons (Fsp3) is 0.938. The highest BCUT2D eigenvalue weighted by Crippen LogP contribution is 2.78. The first-order chi connectivity index (χ1) is 17.7. The molecule has 2 N–H and O–H groups in total. The first kappa shape index (κ1) is 27.1. The van der Waals surface area contributed by atoms with Gasteiger partial charge in [0.05, 0.1) is 18.1 Å². The van der Waals surface area contributed by atoms with Gasteiger partial charge in [-0.2, -0.15) is 0 Å². The Bertz CT molecular complexity index is 1020. The van der Waals surface area contributed by atoms with Gasteiger partial charge in [0.15, 0.2) is 0 Å². The molecule has 1 unspecified atom stereocenters. The second kappa shape index (κ2) is 8.21. The molecule has 0 aromatic rings. The summed E-state index contributed by atoms with van der Waals surface area (Å²) in [5, 5.41) is 21.7. The zero-order valence-electron chi connectivity index (χ0n) is 24.5. The van der Waals surface area contributed by atoms with Gasteiger partial charge in [-0.05, 0) is 115 Å². The van der Waals surface area contributed by atoms with E-state index in [1.165, 1.54) is 6.92 Å². The van der Waals surface area contributed by atoms with E-state index in [0.29, 0.717) is 30.8 Å². The topological polar surface area (TPSA) is 96.4 Å². The molecule has 0 aromatic carbocycles. The van der Waals surface area contributed by atoms with E-state index in [1.54, 1.807) is 0 Å². The number of rotatable bonds is 4. The van der Waals surface area contributed by atoms with Crippen molar-refractivity contribution in [2.45, 2.75) is 117 Å². The number of carbonyl (C=O) groups excluding carboxylic acids is 1. The summed E-state index contributed by atoms with van der Waals surface area (Å²) >= 11 is 0. The number of carbonyl (C=O) groups is 2. The molecule has 6 heteroatoms. The Morgan fingerprint density at radius 3 is 2.18 bits per heavy atom. The lowest BCUT2D eigenvalue weighted by Gasteiger charge is -2.72. The molecule has 0 spiro atoms. The molecule has 6 nitrogen and oxygen atoms in total. The number of aliphatic hydroxyl groups excluding tert-OH is 1. The highest BCUT2D eigenvalue weighted by molar-refractivity contribution is 5.76. The molecule has 5 aliphatic carbocycles. The maximum absolute atomic E-state index is 13.0. The number of hydrogen-bond acceptors (Lipinski definition) is 5. The molecule has 6 aliphatic rings. The summed E-state index contributed by atoms with van der Waals surface area (Å²) in [6.45, 7) is 14.4. The lowest BCUT2D eigenvalue weighted by Crippen LogP contribution is -2.67. The Morgan fingerprint density at radius 2 is 1.55 bits per heavy atom. The average Bonchev–Trinajstić information content (AvgIpc) is 3.52. The summed E-state index contributed by atoms with van der Waals surface area (Å²) in [4.78, 5) is 24.7. The normalized spacial score (nSPS) is 54.6. The third-order valence-corrected chi connectivity index (χ3v) is 14.5. The number of carboxylic acid groups (broad SMARTS) is 1. The van der Waals surface area contributed by atoms with Gasteiger partial charge in [0.2, 0.25) is 0 Å². The molecule has 0 aromatic heterocycles. The van der Waals surface area contributed by atoms with Gasteiger partial charge in [-0.1, -0.05) is 34.6 Å². The Kier molecular flexibility index (Phi) is 5.84. The van der Waals surface area contributed by atoms with E-state index >= 15 is 0 Å². The van der Waals surface area contributed by atoms with Crippen LogP contribution in [0.2, 0.25) is 0 Å². The summed E-state index contributed by atoms with van der Waals surface area (Å²) in [5.74, 6) is 0.705. The van der Waals surface area contributed by atoms with Gasteiger partial charge in [0, 0.05) is 6.92 Å². The molecule has 6 rings (SSSR count). The van der Waals surface area contributed by atoms with Crippen molar-refractivity contribution in [2.24, 2.45) is 56.7 Å². The zero-order chi connectivity index (χ0) is 27.5. The van der Waals surface area contributed by atoms with Crippen LogP contribution in [-0.2, 0) is 19.1 Å². The fourth-order valence-electron chi connectivity index (χ4n) is 12.3. The molecule has 6 fully saturated rings. The van der Waals surface area contributed by atoms with Crippen molar-refractivity contribution >= 4 is 11.9 Å². The van der Waals surface area contributed by atoms with Crippen LogP contribution in [0.15, 0.2) is 0 Å². The van der Waals surface area contributed by atoms with Gasteiger partial charge in [-0.25, -0.2) is 0 Å². The van der Waals surface area contributed by atoms with Crippen LogP contribution >= 0.6 is 0 Å². The first-order valence-electron chi connectivity index (χ1n) is 15.4. The van der Waals surface area contributed by atoms with Crippen LogP contribution < -0.4 is 0 Å². The molecular weight excluding hydrogens is 480 g/mol. The van der Waals surface area contributed by atoms with Crippen LogP contribution in [0.25, 0.3) is 0 Å². The van der Waals surface area contributed by atoms with Gasteiger partial charge in [-0.3, -0.25) is 9.59 Å². The maximum atomic E-state index is 13.0. The number of epoxide rings is 1. The Balaban J connectivity index is 1.38. The molecular formula is C32H50O6. The highest BCUT2D eigenvalue weighted by Gasteiger charge is 2.74. The molecule has 1 aliphatic heterocycles. The van der Waals surface area contributed by atoms with E-state index < -0.39 is 17.0 Å². The molecule has 0 radical (unpaired) electrons. The largest absolute Gasteiger partial charge is 0.481 e. The smallest absolute Gasteiger partial charge is 0.309 e. The first-order valence-corrected chi connectivity index (χ1v) is 15.4. The van der Waals surface area contributed by atoms with E-state index in [2.05, 4.69) is 34.6 Å². The van der Waals surface area contributed by atoms with Gasteiger partial charge in [-0.15, -0.1) is 0 Å². The predicted octanol–water partition coefficient (Wildman–Crippen LogP) is 5.85. The molecule has 0 amide bonds. The van der Waals surface area contributed by atoms with E-state index in [-0.39, 0.29) is 52.2 Å². The van der Waals surface area contributed by atoms with Crippen molar-refractivity contribution in [1.82, 2.24) is 0 Å². The molecule has 214 valence electrons. The summed E-state index contributed by atoms with van der Waals surface area (Å²) in [7, 11) is 0. The molecule has 1 saturated heterocycles. The van der Waals surface area contributed by atoms with Crippen LogP contribution in [0.3, 0.4) is 0 Å². The SMILES string of the molecule is CC(=O)OC[C@]1([C@@H]2CC[C@]3(C(=O)O)CC[C@]4(C)C(CC[C@@H]5[C@@]6(C)CC[C@@H](O)C(C)(C)[C@@H]6CC[C@]54C)[C@H]23)CO1. The minimum atomic E-state index is -0.689. The number of ether oxygens (including phenoxy) is 2. The Labute approximate surface area is 228 Å². The fourth-order valence-corrected chi connectivity index (χ4v) is 12.3. The van der Waals surface area contributed by atoms with Crippen LogP contribution in [0.5, 0.6) is 0 Å². The van der Waals surface area contributed by atoms with Gasteiger partial charge in [0.25, 0.3) is 0 Å². The van der Waals surface area contributed by atoms with Crippen molar-refractivity contribution in [2.75, 3.05) is 13.2 Å². The minimum absolute atomic E-state index is 0.0599. The predicted molar refractivity (Wildman–Crippen MR) is 143 cm³/mol. The van der Waals surface area contributed by atoms with Crippen molar-refractivity contribution in [3.63, 3.8) is 0 Å². The second-order valence-electron chi connectivity index (χ2n) is 15.8. The molecule has 1 heterocycles. The number of esters is 1. The average molecular weight is 531 g/mol. The monoisotopic (exact) mass is 530 g/mol. The Morgan fingerprint density at radius 1 is 0.842 bits per heavy atom. The third kappa shape index (κ3) is 3.25. The number of fused-ring (bicyclic) bond motifs is 7. The van der Waals surface area contributed by atoms with Crippen LogP contribution in [0.1, 0.15) is 106 Å². The van der Waals surface area contributed by atoms with Crippen LogP contribution in [0.4, 0.5) is 0 Å². The molecule has 5 saturated carbocycles. The summed E-state index contributed by atoms with van der Waals surface area (Å²) < 4.78 is 11.6. The second-order valence-corrected chi connectivity index (χ2v) is 15.8. The van der Waals surface area contributed by atoms with Crippen LogP contribution in [-0.4, -0.2) is 47.1 Å². The maximum Gasteiger partial charge on any atom is 0.309 e. The zero-order valence-corrected chi connectivity index (χ0v) is 24.5. The molecule has 38 heavy (non-hydrogen) atoms. The number of aliphatic carboxylic acids is 1. The van der Waals surface area contributed by atoms with Crippen molar-refractivity contribution in [1.29, 1.82) is 0 Å². The lowest BCUT2D eigenvalue weighted by molar-refractivity contribution is -0.250. The van der Waals surface area contributed by atoms with Crippen molar-refractivity contribution in [3.8, 4) is 0 Å². The summed E-state index contributed by atoms with van der Waals surface area (Å²) in [6, 6.07) is 0. The van der Waals surface area contributed by atoms with Crippen molar-refractivity contribution in [3.05, 3.63) is 0 Å². The highest BCUT2D eigenvalue weighted by atomic mass is 16.6. The quantitative estimate of drug-likeness (QED) is 0.350. The van der Waals surface area contributed by atoms with Gasteiger partial charge >= 0.3 is 11.9 Å². The van der Waals surface area contributed by atoms with Gasteiger partial charge in [0.1, 0.15) is 12.2 Å². The van der Waals surface area contributed by atoms with Gasteiger partial charge < -0.3 is 19.7 Å². The standard InChI is InChI=1S/C32H50O6/c1-19(33)37-17-32(18-38-32)21-9-14-31(26(35)36)16-15-29(5)20(25(21)31)7-8-23-28(4)12-11-24(34)27(2,3)22(28)10-13-30(23,29)6/h20-25,34H,7-18H2,1-6H3,(H,35,36)/t20?,21-,22+,23-,24-,25-,28+,29-,30-,31+,32-/m1/s1. The van der Waals surface area contributed by atoms with Crippen molar-refractivity contribution < 1.29 is 29.3 Å². The van der Waals surface area contributed by atoms with E-state index in [4.69, 9.17) is 9.47 Å². The summed E-state index contributed by atoms with van der Waals surface area (Å²) in [6.07, 6.45) is 9.54. The molecule has 0 bridgehead atoms. The third-order valence-electron chi connectivity index (χ3n) is 14.5. The van der Waals surface area contributed by atoms with E-state index in [1.807, 2.05) is 0 Å².